The Labute approximate surface area is 222 Å². The number of nitrogens with two attached hydrogens (primary N) is 2. The Balaban J connectivity index is 1.48. The molecule has 0 saturated heterocycles. The molecular weight excluding hydrogens is 508 g/mol. The second-order valence-corrected chi connectivity index (χ2v) is 9.37. The monoisotopic (exact) mass is 530 g/mol. The molecule has 1 aliphatic rings. The Hall–Kier alpha value is -4.69. The van der Waals surface area contributed by atoms with Gasteiger partial charge in [-0.1, -0.05) is 35.9 Å². The second-order valence-electron chi connectivity index (χ2n) is 8.97. The maximum atomic E-state index is 13.7. The number of hydrogen-bond donors (Lipinski definition) is 3. The predicted octanol–water partition coefficient (Wildman–Crippen LogP) is 3.61. The maximum absolute atomic E-state index is 13.7. The summed E-state index contributed by atoms with van der Waals surface area (Å²) in [6, 6.07) is 14.9. The van der Waals surface area contributed by atoms with E-state index in [4.69, 9.17) is 32.8 Å². The van der Waals surface area contributed by atoms with Gasteiger partial charge in [0.25, 0.3) is 5.56 Å². The number of fused-ring (bicyclic) bond motifs is 1. The average Bonchev–Trinajstić information content (AvgIpc) is 2.86. The highest BCUT2D eigenvalue weighted by Crippen LogP contribution is 2.37. The van der Waals surface area contributed by atoms with Gasteiger partial charge in [0.15, 0.2) is 5.82 Å². The van der Waals surface area contributed by atoms with Gasteiger partial charge in [-0.05, 0) is 31.2 Å². The largest absolute Gasteiger partial charge is 0.459 e. The lowest BCUT2D eigenvalue weighted by atomic mass is 9.88. The number of esters is 1. The van der Waals surface area contributed by atoms with Crippen LogP contribution in [0.5, 0.6) is 0 Å². The van der Waals surface area contributed by atoms with Crippen LogP contribution in [-0.2, 0) is 4.74 Å². The molecule has 0 aliphatic heterocycles. The lowest BCUT2D eigenvalue weighted by Gasteiger charge is -2.37. The number of nitrogen functional groups attached to an aromatic ring is 2. The van der Waals surface area contributed by atoms with E-state index in [9.17, 15) is 14.9 Å². The number of benzene rings is 2. The molecule has 12 heteroatoms. The van der Waals surface area contributed by atoms with Crippen molar-refractivity contribution in [2.75, 3.05) is 16.8 Å². The molecule has 5 rings (SSSR count). The van der Waals surface area contributed by atoms with Crippen LogP contribution in [0.25, 0.3) is 10.9 Å². The zero-order chi connectivity index (χ0) is 27.0. The van der Waals surface area contributed by atoms with Crippen LogP contribution in [0.3, 0.4) is 0 Å². The minimum atomic E-state index is -0.599. The van der Waals surface area contributed by atoms with Crippen LogP contribution >= 0.6 is 11.6 Å². The lowest BCUT2D eigenvalue weighted by molar-refractivity contribution is -0.00915. The molecule has 2 aromatic carbocycles. The van der Waals surface area contributed by atoms with E-state index >= 15 is 0 Å². The van der Waals surface area contributed by atoms with Gasteiger partial charge in [0.1, 0.15) is 29.4 Å². The van der Waals surface area contributed by atoms with Gasteiger partial charge in [-0.15, -0.1) is 0 Å². The molecule has 1 saturated carbocycles. The third-order valence-electron chi connectivity index (χ3n) is 6.43. The van der Waals surface area contributed by atoms with E-state index in [1.165, 1.54) is 0 Å². The summed E-state index contributed by atoms with van der Waals surface area (Å²) < 4.78 is 7.20. The summed E-state index contributed by atoms with van der Waals surface area (Å²) in [6.07, 6.45) is 0.489. The minimum Gasteiger partial charge on any atom is -0.459 e. The first-order chi connectivity index (χ1) is 18.3. The van der Waals surface area contributed by atoms with Gasteiger partial charge in [0.2, 0.25) is 5.95 Å². The van der Waals surface area contributed by atoms with Crippen molar-refractivity contribution >= 4 is 46.1 Å². The van der Waals surface area contributed by atoms with Crippen molar-refractivity contribution in [2.45, 2.75) is 38.0 Å². The Kier molecular flexibility index (Phi) is 6.57. The van der Waals surface area contributed by atoms with E-state index in [-0.39, 0.29) is 45.9 Å². The number of anilines is 3. The fourth-order valence-corrected chi connectivity index (χ4v) is 4.75. The van der Waals surface area contributed by atoms with Crippen molar-refractivity contribution in [2.24, 2.45) is 0 Å². The van der Waals surface area contributed by atoms with Gasteiger partial charge in [-0.25, -0.2) is 9.78 Å². The Morgan fingerprint density at radius 3 is 2.61 bits per heavy atom. The number of hydrogen-bond acceptors (Lipinski definition) is 10. The first kappa shape index (κ1) is 25.0. The van der Waals surface area contributed by atoms with Gasteiger partial charge >= 0.3 is 5.97 Å². The molecule has 1 aliphatic carbocycles. The molecule has 0 unspecified atom stereocenters. The molecule has 5 N–H and O–H groups in total. The number of carbonyl (C=O) groups excluding carboxylic acids is 1. The molecule has 0 amide bonds. The molecule has 1 atom stereocenters. The number of halogens is 1. The molecule has 192 valence electrons. The average molecular weight is 531 g/mol. The van der Waals surface area contributed by atoms with Gasteiger partial charge in [0.05, 0.1) is 27.5 Å². The van der Waals surface area contributed by atoms with Crippen molar-refractivity contribution in [3.8, 4) is 6.07 Å². The quantitative estimate of drug-likeness (QED) is 0.312. The minimum absolute atomic E-state index is 0.0281. The number of rotatable bonds is 6. The number of ether oxygens (including phenoxy) is 1. The highest BCUT2D eigenvalue weighted by molar-refractivity contribution is 6.35. The van der Waals surface area contributed by atoms with Crippen LogP contribution in [0.15, 0.2) is 53.3 Å². The summed E-state index contributed by atoms with van der Waals surface area (Å²) in [5, 5.41) is 13.2. The maximum Gasteiger partial charge on any atom is 0.338 e. The molecule has 11 nitrogen and oxygen atoms in total. The fourth-order valence-electron chi connectivity index (χ4n) is 4.50. The van der Waals surface area contributed by atoms with Crippen molar-refractivity contribution in [3.05, 3.63) is 80.9 Å². The van der Waals surface area contributed by atoms with Crippen LogP contribution in [0.4, 0.5) is 17.6 Å². The number of nitrogens with one attached hydrogen (secondary N) is 1. The third kappa shape index (κ3) is 4.57. The normalized spacial score (nSPS) is 17.3. The highest BCUT2D eigenvalue weighted by atomic mass is 35.5. The summed E-state index contributed by atoms with van der Waals surface area (Å²) in [5.41, 5.74) is 12.2. The Morgan fingerprint density at radius 2 is 1.89 bits per heavy atom. The van der Waals surface area contributed by atoms with E-state index < -0.39 is 12.0 Å². The predicted molar refractivity (Wildman–Crippen MR) is 143 cm³/mol. The van der Waals surface area contributed by atoms with Crippen LogP contribution < -0.4 is 22.3 Å². The van der Waals surface area contributed by atoms with Crippen molar-refractivity contribution in [1.82, 2.24) is 19.5 Å². The second kappa shape index (κ2) is 9.99. The zero-order valence-corrected chi connectivity index (χ0v) is 21.0. The molecule has 0 spiro atoms. The lowest BCUT2D eigenvalue weighted by Crippen LogP contribution is -2.42. The van der Waals surface area contributed by atoms with E-state index in [0.29, 0.717) is 35.1 Å². The van der Waals surface area contributed by atoms with E-state index in [1.807, 2.05) is 12.1 Å². The number of aromatic nitrogens is 4. The first-order valence-electron chi connectivity index (χ1n) is 11.8. The van der Waals surface area contributed by atoms with E-state index in [1.54, 1.807) is 54.0 Å². The molecular formula is C26H23ClN8O3. The summed E-state index contributed by atoms with van der Waals surface area (Å²) >= 11 is 6.38. The van der Waals surface area contributed by atoms with Crippen molar-refractivity contribution in [3.63, 3.8) is 0 Å². The fraction of sp³-hybridized carbons (Fsp3) is 0.231. The zero-order valence-electron chi connectivity index (χ0n) is 20.3. The molecule has 4 aromatic rings. The first-order valence-corrected chi connectivity index (χ1v) is 12.2. The SMILES string of the molecule is C[C@H](Nc1nc(N)nc(N)c1C#N)c1nc2cccc(Cl)c2c(=O)n1[C@H]1C[C@H](OC(=O)c2ccccc2)C1. The topological polar surface area (TPSA) is 175 Å². The van der Waals surface area contributed by atoms with Gasteiger partial charge < -0.3 is 21.5 Å². The smallest absolute Gasteiger partial charge is 0.338 e. The molecule has 0 radical (unpaired) electrons. The number of carbonyl (C=O) groups is 1. The van der Waals surface area contributed by atoms with Gasteiger partial charge in [0, 0.05) is 18.9 Å². The van der Waals surface area contributed by atoms with E-state index in [2.05, 4.69) is 15.3 Å². The third-order valence-corrected chi connectivity index (χ3v) is 6.75. The summed E-state index contributed by atoms with van der Waals surface area (Å²) in [6.45, 7) is 1.77. The number of nitrogens with zero attached hydrogens (tertiary/aromatic N) is 5. The van der Waals surface area contributed by atoms with Crippen LogP contribution in [0, 0.1) is 11.3 Å². The summed E-state index contributed by atoms with van der Waals surface area (Å²) in [7, 11) is 0. The standard InChI is InChI=1S/C26H23ClN8O3/c1-13(31-22-17(12-28)21(29)33-26(30)34-22)23-32-19-9-5-8-18(27)20(19)24(36)35(23)15-10-16(11-15)38-25(37)14-6-3-2-4-7-14/h2-9,13,15-16H,10-11H2,1H3,(H5,29,30,31,33,34)/t13-,15-,16-/m0/s1. The summed E-state index contributed by atoms with van der Waals surface area (Å²) in [4.78, 5) is 38.9. The van der Waals surface area contributed by atoms with Crippen LogP contribution in [0.1, 0.15) is 53.6 Å². The van der Waals surface area contributed by atoms with Gasteiger partial charge in [-0.2, -0.15) is 15.2 Å². The van der Waals surface area contributed by atoms with Gasteiger partial charge in [-0.3, -0.25) is 9.36 Å². The number of nitriles is 1. The van der Waals surface area contributed by atoms with Crippen LogP contribution in [0.2, 0.25) is 5.02 Å². The van der Waals surface area contributed by atoms with Crippen LogP contribution in [-0.4, -0.2) is 31.6 Å². The Morgan fingerprint density at radius 1 is 1.16 bits per heavy atom. The molecule has 1 fully saturated rings. The highest BCUT2D eigenvalue weighted by Gasteiger charge is 2.37. The molecule has 0 bridgehead atoms. The molecule has 2 aromatic heterocycles. The summed E-state index contributed by atoms with van der Waals surface area (Å²) in [5.74, 6) is -0.0665. The molecule has 2 heterocycles. The Bertz CT molecular complexity index is 1640. The van der Waals surface area contributed by atoms with Crippen molar-refractivity contribution < 1.29 is 9.53 Å². The van der Waals surface area contributed by atoms with Crippen molar-refractivity contribution in [1.29, 1.82) is 5.26 Å². The van der Waals surface area contributed by atoms with E-state index in [0.717, 1.165) is 0 Å². The molecule has 38 heavy (non-hydrogen) atoms.